The Morgan fingerprint density at radius 3 is 2.55 bits per heavy atom. The van der Waals surface area contributed by atoms with Crippen molar-refractivity contribution >= 4 is 16.9 Å². The summed E-state index contributed by atoms with van der Waals surface area (Å²) in [7, 11) is 0. The lowest BCUT2D eigenvalue weighted by atomic mass is 9.91. The largest absolute Gasteiger partial charge is 0.493 e. The van der Waals surface area contributed by atoms with Crippen molar-refractivity contribution in [3.63, 3.8) is 0 Å². The molecule has 2 aliphatic rings. The number of halogens is 1. The molecule has 3 heterocycles. The molecular formula is C28H28FN5O4. The third-order valence-electron chi connectivity index (χ3n) is 7.37. The van der Waals surface area contributed by atoms with Gasteiger partial charge in [-0.15, -0.1) is 0 Å². The second-order valence-electron chi connectivity index (χ2n) is 10.2. The molecule has 4 aromatic rings. The van der Waals surface area contributed by atoms with Crippen molar-refractivity contribution in [3.05, 3.63) is 82.8 Å². The molecule has 1 amide bonds. The highest BCUT2D eigenvalue weighted by atomic mass is 19.1. The third-order valence-corrected chi connectivity index (χ3v) is 7.37. The monoisotopic (exact) mass is 517 g/mol. The van der Waals surface area contributed by atoms with E-state index >= 15 is 0 Å². The highest BCUT2D eigenvalue weighted by Gasteiger charge is 2.35. The molecule has 2 fully saturated rings. The number of fused-ring (bicyclic) bond motifs is 1. The SMILES string of the molecule is O=C(c1ccccc1F)N1CCC(O)(Cn2cnc3c(cnn3-c3ccc(OCC4CC4)cc3)c2=O)CC1. The molecule has 0 unspecified atom stereocenters. The first-order valence-corrected chi connectivity index (χ1v) is 12.8. The quantitative estimate of drug-likeness (QED) is 0.404. The molecule has 2 aromatic carbocycles. The molecule has 2 aromatic heterocycles. The average Bonchev–Trinajstić information content (AvgIpc) is 3.66. The van der Waals surface area contributed by atoms with Gasteiger partial charge in [0, 0.05) is 13.1 Å². The molecule has 38 heavy (non-hydrogen) atoms. The van der Waals surface area contributed by atoms with Gasteiger partial charge in [0.2, 0.25) is 0 Å². The number of rotatable bonds is 7. The van der Waals surface area contributed by atoms with E-state index < -0.39 is 17.3 Å². The molecule has 0 radical (unpaired) electrons. The first kappa shape index (κ1) is 24.3. The van der Waals surface area contributed by atoms with Gasteiger partial charge in [-0.05, 0) is 68.0 Å². The highest BCUT2D eigenvalue weighted by molar-refractivity contribution is 5.94. The van der Waals surface area contributed by atoms with Gasteiger partial charge < -0.3 is 14.7 Å². The van der Waals surface area contributed by atoms with E-state index in [-0.39, 0.29) is 43.6 Å². The summed E-state index contributed by atoms with van der Waals surface area (Å²) >= 11 is 0. The van der Waals surface area contributed by atoms with Gasteiger partial charge in [0.15, 0.2) is 5.65 Å². The second kappa shape index (κ2) is 9.68. The summed E-state index contributed by atoms with van der Waals surface area (Å²) in [5, 5.41) is 15.9. The van der Waals surface area contributed by atoms with Gasteiger partial charge in [0.25, 0.3) is 11.5 Å². The molecule has 1 aliphatic heterocycles. The molecule has 9 nitrogen and oxygen atoms in total. The number of hydrogen-bond donors (Lipinski definition) is 1. The normalized spacial score (nSPS) is 17.1. The van der Waals surface area contributed by atoms with Crippen LogP contribution in [0.3, 0.4) is 0 Å². The zero-order valence-electron chi connectivity index (χ0n) is 20.8. The van der Waals surface area contributed by atoms with Gasteiger partial charge in [-0.1, -0.05) is 12.1 Å². The molecule has 0 atom stereocenters. The molecule has 1 saturated carbocycles. The van der Waals surface area contributed by atoms with Gasteiger partial charge in [-0.25, -0.2) is 14.1 Å². The van der Waals surface area contributed by atoms with Crippen LogP contribution in [0.4, 0.5) is 4.39 Å². The molecule has 6 rings (SSSR count). The molecule has 1 saturated heterocycles. The lowest BCUT2D eigenvalue weighted by Crippen LogP contribution is -2.49. The van der Waals surface area contributed by atoms with E-state index in [2.05, 4.69) is 10.1 Å². The Balaban J connectivity index is 1.15. The molecule has 10 heteroatoms. The minimum Gasteiger partial charge on any atom is -0.493 e. The highest BCUT2D eigenvalue weighted by Crippen LogP contribution is 2.30. The average molecular weight is 518 g/mol. The Hall–Kier alpha value is -4.05. The van der Waals surface area contributed by atoms with Gasteiger partial charge in [0.05, 0.1) is 36.2 Å². The Morgan fingerprint density at radius 1 is 1.11 bits per heavy atom. The van der Waals surface area contributed by atoms with Crippen molar-refractivity contribution in [2.24, 2.45) is 5.92 Å². The second-order valence-corrected chi connectivity index (χ2v) is 10.2. The fraction of sp³-hybridized carbons (Fsp3) is 0.357. The first-order valence-electron chi connectivity index (χ1n) is 12.8. The predicted octanol–water partition coefficient (Wildman–Crippen LogP) is 3.18. The topological polar surface area (TPSA) is 102 Å². The fourth-order valence-electron chi connectivity index (χ4n) is 4.84. The molecule has 1 aliphatic carbocycles. The van der Waals surface area contributed by atoms with Crippen molar-refractivity contribution in [2.45, 2.75) is 37.8 Å². The van der Waals surface area contributed by atoms with Crippen LogP contribution in [0.5, 0.6) is 5.75 Å². The van der Waals surface area contributed by atoms with Crippen molar-refractivity contribution in [1.82, 2.24) is 24.2 Å². The van der Waals surface area contributed by atoms with E-state index in [1.165, 1.54) is 53.0 Å². The van der Waals surface area contributed by atoms with E-state index in [1.807, 2.05) is 24.3 Å². The van der Waals surface area contributed by atoms with E-state index in [0.29, 0.717) is 17.0 Å². The molecule has 0 spiro atoms. The van der Waals surface area contributed by atoms with Crippen molar-refractivity contribution < 1.29 is 19.0 Å². The van der Waals surface area contributed by atoms with Crippen molar-refractivity contribution in [1.29, 1.82) is 0 Å². The number of amides is 1. The zero-order valence-corrected chi connectivity index (χ0v) is 20.8. The predicted molar refractivity (Wildman–Crippen MR) is 138 cm³/mol. The maximum atomic E-state index is 14.0. The summed E-state index contributed by atoms with van der Waals surface area (Å²) < 4.78 is 22.8. The number of benzene rings is 2. The molecular weight excluding hydrogens is 489 g/mol. The maximum Gasteiger partial charge on any atom is 0.264 e. The number of aromatic nitrogens is 4. The van der Waals surface area contributed by atoms with Crippen LogP contribution in [0.15, 0.2) is 65.8 Å². The summed E-state index contributed by atoms with van der Waals surface area (Å²) in [6.45, 7) is 1.28. The summed E-state index contributed by atoms with van der Waals surface area (Å²) in [6, 6.07) is 13.4. The van der Waals surface area contributed by atoms with Crippen LogP contribution in [0.1, 0.15) is 36.0 Å². The molecule has 0 bridgehead atoms. The van der Waals surface area contributed by atoms with E-state index in [9.17, 15) is 19.1 Å². The first-order chi connectivity index (χ1) is 18.4. The van der Waals surface area contributed by atoms with Crippen LogP contribution in [0.2, 0.25) is 0 Å². The fourth-order valence-corrected chi connectivity index (χ4v) is 4.84. The van der Waals surface area contributed by atoms with E-state index in [0.717, 1.165) is 18.0 Å². The number of carbonyl (C=O) groups is 1. The summed E-state index contributed by atoms with van der Waals surface area (Å²) in [4.78, 5) is 31.9. The zero-order chi connectivity index (χ0) is 26.3. The smallest absolute Gasteiger partial charge is 0.264 e. The number of aliphatic hydroxyl groups is 1. The third kappa shape index (κ3) is 4.79. The van der Waals surface area contributed by atoms with Gasteiger partial charge in [0.1, 0.15) is 23.3 Å². The van der Waals surface area contributed by atoms with Crippen LogP contribution in [-0.4, -0.2) is 60.5 Å². The lowest BCUT2D eigenvalue weighted by molar-refractivity contribution is -0.0300. The maximum absolute atomic E-state index is 14.0. The Labute approximate surface area is 218 Å². The van der Waals surface area contributed by atoms with E-state index in [1.54, 1.807) is 10.7 Å². The number of carbonyl (C=O) groups excluding carboxylic acids is 1. The van der Waals surface area contributed by atoms with Crippen molar-refractivity contribution in [2.75, 3.05) is 19.7 Å². The Morgan fingerprint density at radius 2 is 1.84 bits per heavy atom. The standard InChI is InChI=1S/C28H28FN5O4/c29-24-4-2-1-3-22(24)26(35)32-13-11-28(37,12-14-32)17-33-18-30-25-23(27(33)36)15-31-34(25)20-7-9-21(10-8-20)38-16-19-5-6-19/h1-4,7-10,15,18-19,37H,5-6,11-14,16-17H2. The van der Waals surface area contributed by atoms with Gasteiger partial charge >= 0.3 is 0 Å². The number of ether oxygens (including phenoxy) is 1. The molecule has 1 N–H and O–H groups in total. The number of likely N-dealkylation sites (tertiary alicyclic amines) is 1. The van der Waals surface area contributed by atoms with Crippen LogP contribution >= 0.6 is 0 Å². The number of nitrogens with zero attached hydrogens (tertiary/aromatic N) is 5. The number of piperidine rings is 1. The van der Waals surface area contributed by atoms with E-state index in [4.69, 9.17) is 4.74 Å². The van der Waals surface area contributed by atoms with Crippen molar-refractivity contribution in [3.8, 4) is 11.4 Å². The summed E-state index contributed by atoms with van der Waals surface area (Å²) in [5.74, 6) is 0.494. The Kier molecular flexibility index (Phi) is 6.19. The van der Waals surface area contributed by atoms with Crippen LogP contribution in [0.25, 0.3) is 16.7 Å². The van der Waals surface area contributed by atoms with Crippen LogP contribution < -0.4 is 10.3 Å². The summed E-state index contributed by atoms with van der Waals surface area (Å²) in [5.41, 5.74) is -0.299. The van der Waals surface area contributed by atoms with Gasteiger partial charge in [-0.2, -0.15) is 5.10 Å². The minimum absolute atomic E-state index is 0.0150. The minimum atomic E-state index is -1.20. The van der Waals surface area contributed by atoms with Gasteiger partial charge in [-0.3, -0.25) is 14.2 Å². The number of hydrogen-bond acceptors (Lipinski definition) is 6. The summed E-state index contributed by atoms with van der Waals surface area (Å²) in [6.07, 6.45) is 5.87. The lowest BCUT2D eigenvalue weighted by Gasteiger charge is -2.38. The Bertz CT molecular complexity index is 1540. The molecule has 196 valence electrons. The van der Waals surface area contributed by atoms with Crippen LogP contribution in [-0.2, 0) is 6.54 Å². The van der Waals surface area contributed by atoms with Crippen LogP contribution in [0, 0.1) is 11.7 Å².